The lowest BCUT2D eigenvalue weighted by atomic mass is 10.1. The Balaban J connectivity index is 2.39. The maximum Gasteiger partial charge on any atom is 0.317 e. The molecule has 0 saturated carbocycles. The number of likely N-dealkylation sites (N-methyl/N-ethyl adjacent to an activating group) is 1. The smallest absolute Gasteiger partial charge is 0.317 e. The zero-order valence-electron chi connectivity index (χ0n) is 15.6. The van der Waals surface area contributed by atoms with Crippen molar-refractivity contribution in [3.63, 3.8) is 0 Å². The van der Waals surface area contributed by atoms with Gasteiger partial charge >= 0.3 is 6.03 Å². The number of hydrogen-bond acceptors (Lipinski definition) is 3. The molecule has 0 saturated heterocycles. The Morgan fingerprint density at radius 3 is 2.16 bits per heavy atom. The van der Waals surface area contributed by atoms with E-state index >= 15 is 0 Å². The molecule has 7 nitrogen and oxygen atoms in total. The zero-order chi connectivity index (χ0) is 19.0. The molecule has 0 aromatic heterocycles. The molecule has 138 valence electrons. The van der Waals surface area contributed by atoms with E-state index in [1.165, 1.54) is 4.90 Å². The summed E-state index contributed by atoms with van der Waals surface area (Å²) in [6, 6.07) is 5.41. The Kier molecular flexibility index (Phi) is 7.91. The summed E-state index contributed by atoms with van der Waals surface area (Å²) < 4.78 is 0. The second kappa shape index (κ2) is 9.66. The summed E-state index contributed by atoms with van der Waals surface area (Å²) in [7, 11) is 1.55. The lowest BCUT2D eigenvalue weighted by Gasteiger charge is -2.19. The molecule has 1 aromatic rings. The molecule has 0 fully saturated rings. The first-order valence-electron chi connectivity index (χ1n) is 8.35. The predicted molar refractivity (Wildman–Crippen MR) is 98.4 cm³/mol. The van der Waals surface area contributed by atoms with Crippen LogP contribution in [-0.4, -0.2) is 49.4 Å². The summed E-state index contributed by atoms with van der Waals surface area (Å²) >= 11 is 0. The number of nitrogens with one attached hydrogen (secondary N) is 3. The number of hydrogen-bond donors (Lipinski definition) is 3. The molecule has 0 aliphatic heterocycles. The first-order valence-corrected chi connectivity index (χ1v) is 8.35. The third kappa shape index (κ3) is 6.82. The van der Waals surface area contributed by atoms with Gasteiger partial charge in [-0.2, -0.15) is 0 Å². The highest BCUT2D eigenvalue weighted by molar-refractivity contribution is 5.95. The van der Waals surface area contributed by atoms with Crippen molar-refractivity contribution in [3.8, 4) is 0 Å². The molecule has 0 aliphatic carbocycles. The van der Waals surface area contributed by atoms with Gasteiger partial charge in [-0.1, -0.05) is 32.0 Å². The lowest BCUT2D eigenvalue weighted by Crippen LogP contribution is -2.44. The fraction of sp³-hybridized carbons (Fsp3) is 0.500. The predicted octanol–water partition coefficient (Wildman–Crippen LogP) is 1.66. The maximum atomic E-state index is 12.1. The molecule has 0 radical (unpaired) electrons. The minimum Gasteiger partial charge on any atom is -0.354 e. The molecule has 1 rings (SSSR count). The van der Waals surface area contributed by atoms with Crippen LogP contribution in [0.4, 0.5) is 10.5 Å². The van der Waals surface area contributed by atoms with Crippen LogP contribution >= 0.6 is 0 Å². The Morgan fingerprint density at radius 2 is 1.60 bits per heavy atom. The average molecular weight is 348 g/mol. The summed E-state index contributed by atoms with van der Waals surface area (Å²) in [4.78, 5) is 36.8. The van der Waals surface area contributed by atoms with Crippen LogP contribution in [0.3, 0.4) is 0 Å². The van der Waals surface area contributed by atoms with E-state index in [0.29, 0.717) is 13.1 Å². The van der Waals surface area contributed by atoms with Gasteiger partial charge in [0.1, 0.15) is 6.54 Å². The number of anilines is 1. The standard InChI is InChI=1S/C18H28N4O3/c1-12(2)17(24)19-9-10-20-18(25)22(5)11-15(23)21-16-13(3)7-6-8-14(16)4/h6-8,12H,9-11H2,1-5H3,(H,19,24)(H,20,25)(H,21,23). The van der Waals surface area contributed by atoms with E-state index in [1.807, 2.05) is 32.0 Å². The fourth-order valence-electron chi connectivity index (χ4n) is 2.17. The van der Waals surface area contributed by atoms with Crippen molar-refractivity contribution in [2.75, 3.05) is 32.0 Å². The normalized spacial score (nSPS) is 10.3. The Morgan fingerprint density at radius 1 is 1.04 bits per heavy atom. The van der Waals surface area contributed by atoms with Crippen LogP contribution in [0.5, 0.6) is 0 Å². The summed E-state index contributed by atoms with van der Waals surface area (Å²) in [6.07, 6.45) is 0. The van der Waals surface area contributed by atoms with Crippen molar-refractivity contribution in [3.05, 3.63) is 29.3 Å². The maximum absolute atomic E-state index is 12.1. The topological polar surface area (TPSA) is 90.5 Å². The van der Waals surface area contributed by atoms with Crippen molar-refractivity contribution >= 4 is 23.5 Å². The number of para-hydroxylation sites is 1. The number of aryl methyl sites for hydroxylation is 2. The molecule has 3 N–H and O–H groups in total. The summed E-state index contributed by atoms with van der Waals surface area (Å²) in [6.45, 7) is 8.05. The van der Waals surface area contributed by atoms with Crippen molar-refractivity contribution in [2.45, 2.75) is 27.7 Å². The van der Waals surface area contributed by atoms with Crippen LogP contribution in [0.15, 0.2) is 18.2 Å². The van der Waals surface area contributed by atoms with Crippen LogP contribution < -0.4 is 16.0 Å². The van der Waals surface area contributed by atoms with Gasteiger partial charge in [-0.3, -0.25) is 9.59 Å². The van der Waals surface area contributed by atoms with E-state index in [0.717, 1.165) is 16.8 Å². The van der Waals surface area contributed by atoms with Crippen LogP contribution in [-0.2, 0) is 9.59 Å². The van der Waals surface area contributed by atoms with Gasteiger partial charge in [0.05, 0.1) is 0 Å². The van der Waals surface area contributed by atoms with Crippen molar-refractivity contribution in [1.29, 1.82) is 0 Å². The molecule has 1 aromatic carbocycles. The third-order valence-corrected chi connectivity index (χ3v) is 3.70. The third-order valence-electron chi connectivity index (χ3n) is 3.70. The van der Waals surface area contributed by atoms with E-state index in [9.17, 15) is 14.4 Å². The van der Waals surface area contributed by atoms with E-state index in [-0.39, 0.29) is 30.3 Å². The minimum atomic E-state index is -0.365. The number of benzene rings is 1. The van der Waals surface area contributed by atoms with E-state index in [1.54, 1.807) is 20.9 Å². The van der Waals surface area contributed by atoms with Gasteiger partial charge in [0, 0.05) is 31.7 Å². The monoisotopic (exact) mass is 348 g/mol. The molecule has 0 bridgehead atoms. The Bertz CT molecular complexity index is 608. The summed E-state index contributed by atoms with van der Waals surface area (Å²) in [5.41, 5.74) is 2.72. The Hall–Kier alpha value is -2.57. The number of amides is 4. The van der Waals surface area contributed by atoms with Crippen LogP contribution in [0, 0.1) is 19.8 Å². The van der Waals surface area contributed by atoms with E-state index < -0.39 is 0 Å². The second-order valence-corrected chi connectivity index (χ2v) is 6.35. The molecule has 7 heteroatoms. The number of carbonyl (C=O) groups excluding carboxylic acids is 3. The van der Waals surface area contributed by atoms with Gasteiger partial charge in [0.15, 0.2) is 0 Å². The average Bonchev–Trinajstić information content (AvgIpc) is 2.54. The van der Waals surface area contributed by atoms with E-state index in [2.05, 4.69) is 16.0 Å². The number of urea groups is 1. The van der Waals surface area contributed by atoms with Gasteiger partial charge in [0.2, 0.25) is 11.8 Å². The molecule has 0 spiro atoms. The van der Waals surface area contributed by atoms with Gasteiger partial charge < -0.3 is 20.9 Å². The fourth-order valence-corrected chi connectivity index (χ4v) is 2.17. The minimum absolute atomic E-state index is 0.0576. The van der Waals surface area contributed by atoms with Crippen molar-refractivity contribution < 1.29 is 14.4 Å². The summed E-state index contributed by atoms with van der Waals surface area (Å²) in [5, 5.41) is 8.21. The summed E-state index contributed by atoms with van der Waals surface area (Å²) in [5.74, 6) is -0.411. The first kappa shape index (κ1) is 20.5. The SMILES string of the molecule is Cc1cccc(C)c1NC(=O)CN(C)C(=O)NCCNC(=O)C(C)C. The quantitative estimate of drug-likeness (QED) is 0.655. The highest BCUT2D eigenvalue weighted by Gasteiger charge is 2.14. The van der Waals surface area contributed by atoms with Crippen LogP contribution in [0.2, 0.25) is 0 Å². The van der Waals surface area contributed by atoms with Gasteiger partial charge in [-0.05, 0) is 25.0 Å². The molecule has 0 heterocycles. The highest BCUT2D eigenvalue weighted by atomic mass is 16.2. The van der Waals surface area contributed by atoms with Crippen LogP contribution in [0.1, 0.15) is 25.0 Å². The molecule has 4 amide bonds. The van der Waals surface area contributed by atoms with Crippen LogP contribution in [0.25, 0.3) is 0 Å². The van der Waals surface area contributed by atoms with Gasteiger partial charge in [-0.15, -0.1) is 0 Å². The molecule has 0 unspecified atom stereocenters. The first-order chi connectivity index (χ1) is 11.7. The number of rotatable bonds is 7. The van der Waals surface area contributed by atoms with Crippen molar-refractivity contribution in [2.24, 2.45) is 5.92 Å². The molecule has 0 aliphatic rings. The highest BCUT2D eigenvalue weighted by Crippen LogP contribution is 2.19. The molecular formula is C18H28N4O3. The lowest BCUT2D eigenvalue weighted by molar-refractivity contribution is -0.123. The van der Waals surface area contributed by atoms with Gasteiger partial charge in [-0.25, -0.2) is 4.79 Å². The van der Waals surface area contributed by atoms with Gasteiger partial charge in [0.25, 0.3) is 0 Å². The molecule has 25 heavy (non-hydrogen) atoms. The second-order valence-electron chi connectivity index (χ2n) is 6.35. The Labute approximate surface area is 149 Å². The molecule has 0 atom stereocenters. The van der Waals surface area contributed by atoms with Crippen molar-refractivity contribution in [1.82, 2.24) is 15.5 Å². The zero-order valence-corrected chi connectivity index (χ0v) is 15.6. The largest absolute Gasteiger partial charge is 0.354 e. The number of nitrogens with zero attached hydrogens (tertiary/aromatic N) is 1. The van der Waals surface area contributed by atoms with E-state index in [4.69, 9.17) is 0 Å². The number of carbonyl (C=O) groups is 3. The molecular weight excluding hydrogens is 320 g/mol.